The molecule has 0 saturated carbocycles. The number of rotatable bonds is 6. The van der Waals surface area contributed by atoms with Crippen molar-refractivity contribution in [3.63, 3.8) is 0 Å². The maximum Gasteiger partial charge on any atom is 0.264 e. The van der Waals surface area contributed by atoms with Crippen LogP contribution >= 0.6 is 0 Å². The van der Waals surface area contributed by atoms with E-state index < -0.39 is 10.0 Å². The number of benzene rings is 2. The van der Waals surface area contributed by atoms with Crippen molar-refractivity contribution in [2.45, 2.75) is 31.2 Å². The first-order valence-corrected chi connectivity index (χ1v) is 9.25. The molecule has 1 atom stereocenters. The van der Waals surface area contributed by atoms with E-state index >= 15 is 0 Å². The lowest BCUT2D eigenvalue weighted by molar-refractivity contribution is 0.0939. The number of nitrogens with one attached hydrogen (secondary N) is 1. The zero-order valence-electron chi connectivity index (χ0n) is 14.1. The molecule has 0 radical (unpaired) electrons. The fourth-order valence-electron chi connectivity index (χ4n) is 2.12. The summed E-state index contributed by atoms with van der Waals surface area (Å²) in [6.07, 6.45) is 0.849. The number of carbonyl (C=O) groups is 1. The van der Waals surface area contributed by atoms with Gasteiger partial charge in [0.2, 0.25) is 0 Å². The van der Waals surface area contributed by atoms with Crippen LogP contribution in [0.3, 0.4) is 0 Å². The third-order valence-corrected chi connectivity index (χ3v) is 5.68. The minimum Gasteiger partial charge on any atom is -0.350 e. The van der Waals surface area contributed by atoms with Gasteiger partial charge in [0, 0.05) is 18.7 Å². The highest BCUT2D eigenvalue weighted by molar-refractivity contribution is 7.92. The molecule has 0 spiro atoms. The van der Waals surface area contributed by atoms with Gasteiger partial charge in [-0.05, 0) is 49.7 Å². The molecule has 0 aliphatic carbocycles. The van der Waals surface area contributed by atoms with Crippen LogP contribution in [0.15, 0.2) is 59.5 Å². The van der Waals surface area contributed by atoms with E-state index in [-0.39, 0.29) is 16.8 Å². The highest BCUT2D eigenvalue weighted by Gasteiger charge is 2.21. The van der Waals surface area contributed by atoms with Gasteiger partial charge in [0.1, 0.15) is 0 Å². The third kappa shape index (κ3) is 3.94. The Morgan fingerprint density at radius 3 is 2.21 bits per heavy atom. The fraction of sp³-hybridized carbons (Fsp3) is 0.278. The molecule has 2 aromatic carbocycles. The Morgan fingerprint density at radius 2 is 1.67 bits per heavy atom. The molecular weight excluding hydrogens is 324 g/mol. The summed E-state index contributed by atoms with van der Waals surface area (Å²) >= 11 is 0. The standard InChI is InChI=1S/C18H22N2O3S/c1-4-14(2)19-18(21)15-10-12-16(13-11-15)20(3)24(22,23)17-8-6-5-7-9-17/h5-14H,4H2,1-3H3,(H,19,21)/t14-/m1/s1. The first kappa shape index (κ1) is 18.0. The van der Waals surface area contributed by atoms with E-state index in [0.717, 1.165) is 6.42 Å². The Labute approximate surface area is 143 Å². The lowest BCUT2D eigenvalue weighted by atomic mass is 10.1. The fourth-order valence-corrected chi connectivity index (χ4v) is 3.34. The molecular formula is C18H22N2O3S. The Morgan fingerprint density at radius 1 is 1.08 bits per heavy atom. The summed E-state index contributed by atoms with van der Waals surface area (Å²) in [4.78, 5) is 12.3. The molecule has 1 amide bonds. The van der Waals surface area contributed by atoms with Gasteiger partial charge < -0.3 is 5.32 Å². The lowest BCUT2D eigenvalue weighted by Crippen LogP contribution is -2.32. The van der Waals surface area contributed by atoms with Crippen LogP contribution in [0.2, 0.25) is 0 Å². The van der Waals surface area contributed by atoms with Gasteiger partial charge in [-0.15, -0.1) is 0 Å². The molecule has 0 heterocycles. The third-order valence-electron chi connectivity index (χ3n) is 3.88. The molecule has 2 rings (SSSR count). The van der Waals surface area contributed by atoms with Gasteiger partial charge in [0.05, 0.1) is 10.6 Å². The van der Waals surface area contributed by atoms with Crippen molar-refractivity contribution >= 4 is 21.6 Å². The molecule has 5 nitrogen and oxygen atoms in total. The van der Waals surface area contributed by atoms with Crippen LogP contribution < -0.4 is 9.62 Å². The molecule has 128 valence electrons. The average Bonchev–Trinajstić information content (AvgIpc) is 2.61. The van der Waals surface area contributed by atoms with Gasteiger partial charge in [-0.25, -0.2) is 8.42 Å². The van der Waals surface area contributed by atoms with Crippen LogP contribution in [0.1, 0.15) is 30.6 Å². The summed E-state index contributed by atoms with van der Waals surface area (Å²) < 4.78 is 26.4. The SMILES string of the molecule is CC[C@@H](C)NC(=O)c1ccc(N(C)S(=O)(=O)c2ccccc2)cc1. The molecule has 24 heavy (non-hydrogen) atoms. The number of sulfonamides is 1. The van der Waals surface area contributed by atoms with E-state index in [1.165, 1.54) is 11.4 Å². The molecule has 6 heteroatoms. The van der Waals surface area contributed by atoms with E-state index in [2.05, 4.69) is 5.32 Å². The van der Waals surface area contributed by atoms with Gasteiger partial charge >= 0.3 is 0 Å². The quantitative estimate of drug-likeness (QED) is 0.874. The van der Waals surface area contributed by atoms with Crippen molar-refractivity contribution < 1.29 is 13.2 Å². The van der Waals surface area contributed by atoms with Gasteiger partial charge in [-0.3, -0.25) is 9.10 Å². The van der Waals surface area contributed by atoms with Crippen LogP contribution in [0, 0.1) is 0 Å². The summed E-state index contributed by atoms with van der Waals surface area (Å²) in [6, 6.07) is 14.9. The van der Waals surface area contributed by atoms with Gasteiger partial charge in [-0.1, -0.05) is 25.1 Å². The number of hydrogen-bond donors (Lipinski definition) is 1. The minimum absolute atomic E-state index is 0.0957. The molecule has 0 aromatic heterocycles. The highest BCUT2D eigenvalue weighted by atomic mass is 32.2. The number of amides is 1. The topological polar surface area (TPSA) is 66.5 Å². The number of nitrogens with zero attached hydrogens (tertiary/aromatic N) is 1. The Hall–Kier alpha value is -2.34. The molecule has 0 fully saturated rings. The molecule has 0 aliphatic heterocycles. The number of anilines is 1. The van der Waals surface area contributed by atoms with Crippen molar-refractivity contribution in [1.82, 2.24) is 5.32 Å². The summed E-state index contributed by atoms with van der Waals surface area (Å²) in [6.45, 7) is 3.93. The van der Waals surface area contributed by atoms with Gasteiger partial charge in [0.25, 0.3) is 15.9 Å². The van der Waals surface area contributed by atoms with Crippen LogP contribution in [0.5, 0.6) is 0 Å². The predicted molar refractivity (Wildman–Crippen MR) is 95.7 cm³/mol. The van der Waals surface area contributed by atoms with Crippen molar-refractivity contribution in [3.8, 4) is 0 Å². The second kappa shape index (κ2) is 7.49. The highest BCUT2D eigenvalue weighted by Crippen LogP contribution is 2.22. The van der Waals surface area contributed by atoms with Crippen molar-refractivity contribution in [2.75, 3.05) is 11.4 Å². The average molecular weight is 346 g/mol. The smallest absolute Gasteiger partial charge is 0.264 e. The van der Waals surface area contributed by atoms with Crippen LogP contribution in [0.4, 0.5) is 5.69 Å². The zero-order valence-corrected chi connectivity index (χ0v) is 14.9. The first-order valence-electron chi connectivity index (χ1n) is 7.81. The lowest BCUT2D eigenvalue weighted by Gasteiger charge is -2.20. The van der Waals surface area contributed by atoms with E-state index in [1.54, 1.807) is 54.6 Å². The van der Waals surface area contributed by atoms with Crippen LogP contribution in [0.25, 0.3) is 0 Å². The number of carbonyl (C=O) groups excluding carboxylic acids is 1. The minimum atomic E-state index is -3.62. The van der Waals surface area contributed by atoms with E-state index in [1.807, 2.05) is 13.8 Å². The Balaban J connectivity index is 2.20. The number of hydrogen-bond acceptors (Lipinski definition) is 3. The second-order valence-electron chi connectivity index (χ2n) is 5.62. The summed E-state index contributed by atoms with van der Waals surface area (Å²) in [7, 11) is -2.12. The van der Waals surface area contributed by atoms with Crippen LogP contribution in [-0.2, 0) is 10.0 Å². The maximum absolute atomic E-state index is 12.6. The van der Waals surface area contributed by atoms with Crippen molar-refractivity contribution in [2.24, 2.45) is 0 Å². The largest absolute Gasteiger partial charge is 0.350 e. The predicted octanol–water partition coefficient (Wildman–Crippen LogP) is 3.04. The van der Waals surface area contributed by atoms with E-state index in [9.17, 15) is 13.2 Å². The molecule has 0 unspecified atom stereocenters. The van der Waals surface area contributed by atoms with Crippen LogP contribution in [-0.4, -0.2) is 27.4 Å². The van der Waals surface area contributed by atoms with Gasteiger partial charge in [-0.2, -0.15) is 0 Å². The Kier molecular flexibility index (Phi) is 5.62. The molecule has 2 aromatic rings. The van der Waals surface area contributed by atoms with Crippen molar-refractivity contribution in [1.29, 1.82) is 0 Å². The summed E-state index contributed by atoms with van der Waals surface area (Å²) in [5.74, 6) is -0.163. The van der Waals surface area contributed by atoms with Crippen molar-refractivity contribution in [3.05, 3.63) is 60.2 Å². The van der Waals surface area contributed by atoms with E-state index in [0.29, 0.717) is 11.3 Å². The monoisotopic (exact) mass is 346 g/mol. The summed E-state index contributed by atoms with van der Waals surface area (Å²) in [5.41, 5.74) is 1.00. The molecule has 0 bridgehead atoms. The zero-order chi connectivity index (χ0) is 17.7. The van der Waals surface area contributed by atoms with Gasteiger partial charge in [0.15, 0.2) is 0 Å². The molecule has 0 saturated heterocycles. The van der Waals surface area contributed by atoms with E-state index in [4.69, 9.17) is 0 Å². The molecule has 0 aliphatic rings. The Bertz CT molecular complexity index is 787. The normalized spacial score (nSPS) is 12.5. The maximum atomic E-state index is 12.6. The first-order chi connectivity index (χ1) is 11.4. The second-order valence-corrected chi connectivity index (χ2v) is 7.58. The molecule has 1 N–H and O–H groups in total. The summed E-state index contributed by atoms with van der Waals surface area (Å²) in [5, 5.41) is 2.88.